The van der Waals surface area contributed by atoms with E-state index >= 15 is 0 Å². The predicted octanol–water partition coefficient (Wildman–Crippen LogP) is 1.43. The van der Waals surface area contributed by atoms with Gasteiger partial charge in [0.2, 0.25) is 0 Å². The van der Waals surface area contributed by atoms with Gasteiger partial charge in [0.15, 0.2) is 11.6 Å². The van der Waals surface area contributed by atoms with Crippen LogP contribution in [0.4, 0.5) is 8.78 Å². The van der Waals surface area contributed by atoms with Crippen LogP contribution in [0, 0.1) is 11.6 Å². The number of hydrogen-bond acceptors (Lipinski definition) is 2. The first-order valence-electron chi connectivity index (χ1n) is 5.00. The van der Waals surface area contributed by atoms with Crippen LogP contribution in [0.5, 0.6) is 0 Å². The Morgan fingerprint density at radius 1 is 1.44 bits per heavy atom. The molecule has 3 N–H and O–H groups in total. The van der Waals surface area contributed by atoms with Gasteiger partial charge in [-0.05, 0) is 38.1 Å². The normalized spacial score (nSPS) is 12.2. The van der Waals surface area contributed by atoms with Crippen LogP contribution in [0.15, 0.2) is 18.2 Å². The van der Waals surface area contributed by atoms with E-state index in [0.29, 0.717) is 13.0 Å². The molecule has 0 saturated heterocycles. The molecular weight excluding hydrogens is 214 g/mol. The third kappa shape index (κ3) is 3.27. The van der Waals surface area contributed by atoms with Gasteiger partial charge < -0.3 is 11.1 Å². The second-order valence-corrected chi connectivity index (χ2v) is 3.58. The molecule has 0 aromatic heterocycles. The van der Waals surface area contributed by atoms with Gasteiger partial charge >= 0.3 is 0 Å². The van der Waals surface area contributed by atoms with Gasteiger partial charge in [-0.25, -0.2) is 8.78 Å². The number of amides is 1. The fraction of sp³-hybridized carbons (Fsp3) is 0.364. The van der Waals surface area contributed by atoms with E-state index in [9.17, 15) is 13.6 Å². The van der Waals surface area contributed by atoms with E-state index in [-0.39, 0.29) is 11.6 Å². The Morgan fingerprint density at radius 2 is 2.12 bits per heavy atom. The van der Waals surface area contributed by atoms with Gasteiger partial charge in [-0.2, -0.15) is 0 Å². The van der Waals surface area contributed by atoms with E-state index in [0.717, 1.165) is 12.1 Å². The van der Waals surface area contributed by atoms with Crippen molar-refractivity contribution in [2.24, 2.45) is 5.73 Å². The Kier molecular flexibility index (Phi) is 4.37. The highest BCUT2D eigenvalue weighted by molar-refractivity contribution is 5.94. The molecule has 0 saturated carbocycles. The molecule has 1 unspecified atom stereocenters. The number of carbonyl (C=O) groups is 1. The fourth-order valence-corrected chi connectivity index (χ4v) is 1.27. The highest BCUT2D eigenvalue weighted by atomic mass is 19.2. The van der Waals surface area contributed by atoms with Crippen molar-refractivity contribution in [1.29, 1.82) is 0 Å². The van der Waals surface area contributed by atoms with Crippen molar-refractivity contribution >= 4 is 5.91 Å². The number of halogens is 2. The van der Waals surface area contributed by atoms with Crippen LogP contribution in [-0.4, -0.2) is 18.5 Å². The SMILES string of the molecule is CC(CCN)NC(=O)c1ccc(F)c(F)c1. The Labute approximate surface area is 92.6 Å². The first-order valence-corrected chi connectivity index (χ1v) is 5.00. The summed E-state index contributed by atoms with van der Waals surface area (Å²) in [5.74, 6) is -2.43. The maximum atomic E-state index is 12.9. The number of nitrogens with two attached hydrogens (primary N) is 1. The maximum absolute atomic E-state index is 12.9. The molecule has 0 bridgehead atoms. The monoisotopic (exact) mass is 228 g/mol. The molecule has 0 heterocycles. The number of carbonyl (C=O) groups excluding carboxylic acids is 1. The lowest BCUT2D eigenvalue weighted by Gasteiger charge is -2.12. The number of nitrogens with one attached hydrogen (secondary N) is 1. The second kappa shape index (κ2) is 5.55. The van der Waals surface area contributed by atoms with Crippen molar-refractivity contribution in [2.75, 3.05) is 6.54 Å². The summed E-state index contributed by atoms with van der Waals surface area (Å²) in [5.41, 5.74) is 5.43. The lowest BCUT2D eigenvalue weighted by atomic mass is 10.1. The minimum Gasteiger partial charge on any atom is -0.350 e. The highest BCUT2D eigenvalue weighted by Gasteiger charge is 2.11. The summed E-state index contributed by atoms with van der Waals surface area (Å²) in [6, 6.07) is 2.95. The van der Waals surface area contributed by atoms with E-state index in [1.54, 1.807) is 6.92 Å². The molecular formula is C11H14F2N2O. The second-order valence-electron chi connectivity index (χ2n) is 3.58. The predicted molar refractivity (Wildman–Crippen MR) is 57.0 cm³/mol. The molecule has 1 atom stereocenters. The summed E-state index contributed by atoms with van der Waals surface area (Å²) in [5, 5.41) is 2.64. The molecule has 0 aliphatic rings. The van der Waals surface area contributed by atoms with Crippen molar-refractivity contribution in [3.8, 4) is 0 Å². The summed E-state index contributed by atoms with van der Waals surface area (Å²) in [4.78, 5) is 11.6. The van der Waals surface area contributed by atoms with Gasteiger partial charge in [-0.1, -0.05) is 0 Å². The molecule has 0 aliphatic heterocycles. The number of benzene rings is 1. The van der Waals surface area contributed by atoms with Crippen LogP contribution in [0.25, 0.3) is 0 Å². The van der Waals surface area contributed by atoms with Gasteiger partial charge in [-0.3, -0.25) is 4.79 Å². The summed E-state index contributed by atoms with van der Waals surface area (Å²) >= 11 is 0. The van der Waals surface area contributed by atoms with Crippen LogP contribution >= 0.6 is 0 Å². The quantitative estimate of drug-likeness (QED) is 0.819. The molecule has 0 radical (unpaired) electrons. The van der Waals surface area contributed by atoms with Crippen molar-refractivity contribution in [3.05, 3.63) is 35.4 Å². The Hall–Kier alpha value is -1.49. The van der Waals surface area contributed by atoms with Gasteiger partial charge in [0, 0.05) is 11.6 Å². The van der Waals surface area contributed by atoms with Gasteiger partial charge in [-0.15, -0.1) is 0 Å². The van der Waals surface area contributed by atoms with Crippen LogP contribution in [0.1, 0.15) is 23.7 Å². The van der Waals surface area contributed by atoms with Crippen LogP contribution in [0.3, 0.4) is 0 Å². The summed E-state index contributed by atoms with van der Waals surface area (Å²) < 4.78 is 25.5. The molecule has 0 aliphatic carbocycles. The van der Waals surface area contributed by atoms with Crippen LogP contribution in [0.2, 0.25) is 0 Å². The molecule has 0 spiro atoms. The Bertz CT molecular complexity index is 382. The molecule has 1 aromatic rings. The van der Waals surface area contributed by atoms with Crippen LogP contribution in [-0.2, 0) is 0 Å². The molecule has 16 heavy (non-hydrogen) atoms. The van der Waals surface area contributed by atoms with E-state index in [4.69, 9.17) is 5.73 Å². The summed E-state index contributed by atoms with van der Waals surface area (Å²) in [6.45, 7) is 2.25. The smallest absolute Gasteiger partial charge is 0.251 e. The minimum atomic E-state index is -1.03. The third-order valence-corrected chi connectivity index (χ3v) is 2.16. The molecule has 88 valence electrons. The average Bonchev–Trinajstić information content (AvgIpc) is 2.22. The minimum absolute atomic E-state index is 0.0920. The van der Waals surface area contributed by atoms with Crippen molar-refractivity contribution in [2.45, 2.75) is 19.4 Å². The largest absolute Gasteiger partial charge is 0.350 e. The Balaban J connectivity index is 2.69. The lowest BCUT2D eigenvalue weighted by molar-refractivity contribution is 0.0938. The molecule has 1 amide bonds. The van der Waals surface area contributed by atoms with Crippen molar-refractivity contribution < 1.29 is 13.6 Å². The lowest BCUT2D eigenvalue weighted by Crippen LogP contribution is -2.34. The standard InChI is InChI=1S/C11H14F2N2O/c1-7(4-5-14)15-11(16)8-2-3-9(12)10(13)6-8/h2-3,6-7H,4-5,14H2,1H3,(H,15,16). The topological polar surface area (TPSA) is 55.1 Å². The van der Waals surface area contributed by atoms with E-state index in [2.05, 4.69) is 5.32 Å². The van der Waals surface area contributed by atoms with Crippen LogP contribution < -0.4 is 11.1 Å². The molecule has 1 aromatic carbocycles. The molecule has 0 fully saturated rings. The molecule has 3 nitrogen and oxygen atoms in total. The summed E-state index contributed by atoms with van der Waals surface area (Å²) in [7, 11) is 0. The zero-order valence-electron chi connectivity index (χ0n) is 8.97. The summed E-state index contributed by atoms with van der Waals surface area (Å²) in [6.07, 6.45) is 0.634. The van der Waals surface area contributed by atoms with Gasteiger partial charge in [0.05, 0.1) is 0 Å². The number of rotatable bonds is 4. The number of hydrogen-bond donors (Lipinski definition) is 2. The first-order chi connectivity index (χ1) is 7.54. The van der Waals surface area contributed by atoms with Crippen molar-refractivity contribution in [1.82, 2.24) is 5.32 Å². The molecule has 1 rings (SSSR count). The van der Waals surface area contributed by atoms with E-state index < -0.39 is 17.5 Å². The van der Waals surface area contributed by atoms with E-state index in [1.165, 1.54) is 6.07 Å². The zero-order chi connectivity index (χ0) is 12.1. The van der Waals surface area contributed by atoms with Crippen molar-refractivity contribution in [3.63, 3.8) is 0 Å². The highest BCUT2D eigenvalue weighted by Crippen LogP contribution is 2.08. The fourth-order valence-electron chi connectivity index (χ4n) is 1.27. The Morgan fingerprint density at radius 3 is 2.69 bits per heavy atom. The molecule has 5 heteroatoms. The third-order valence-electron chi connectivity index (χ3n) is 2.16. The first kappa shape index (κ1) is 12.6. The van der Waals surface area contributed by atoms with E-state index in [1.807, 2.05) is 0 Å². The zero-order valence-corrected chi connectivity index (χ0v) is 8.97. The van der Waals surface area contributed by atoms with Gasteiger partial charge in [0.1, 0.15) is 0 Å². The van der Waals surface area contributed by atoms with Gasteiger partial charge in [0.25, 0.3) is 5.91 Å². The maximum Gasteiger partial charge on any atom is 0.251 e. The average molecular weight is 228 g/mol.